The highest BCUT2D eigenvalue weighted by Crippen LogP contribution is 2.14. The summed E-state index contributed by atoms with van der Waals surface area (Å²) in [5.74, 6) is -0.348. The Hall–Kier alpha value is -3.68. The Kier molecular flexibility index (Phi) is 7.02. The first kappa shape index (κ1) is 22.0. The van der Waals surface area contributed by atoms with Crippen LogP contribution in [0.25, 0.3) is 10.8 Å². The van der Waals surface area contributed by atoms with E-state index in [0.717, 1.165) is 12.0 Å². The van der Waals surface area contributed by atoms with E-state index >= 15 is 0 Å². The lowest BCUT2D eigenvalue weighted by Crippen LogP contribution is -2.34. The number of rotatable bonds is 7. The fraction of sp³-hybridized carbons (Fsp3) is 0.304. The third kappa shape index (κ3) is 5.48. The molecule has 8 heteroatoms. The van der Waals surface area contributed by atoms with Crippen molar-refractivity contribution in [3.05, 3.63) is 70.1 Å². The van der Waals surface area contributed by atoms with Crippen molar-refractivity contribution < 1.29 is 9.59 Å². The number of hydrogen-bond acceptors (Lipinski definition) is 4. The van der Waals surface area contributed by atoms with E-state index in [2.05, 4.69) is 21.0 Å². The normalized spacial score (nSPS) is 10.8. The summed E-state index contributed by atoms with van der Waals surface area (Å²) in [6.45, 7) is 6.46. The van der Waals surface area contributed by atoms with Crippen molar-refractivity contribution in [3.63, 3.8) is 0 Å². The van der Waals surface area contributed by atoms with Crippen LogP contribution in [0.15, 0.2) is 53.3 Å². The average Bonchev–Trinajstić information content (AvgIpc) is 2.74. The van der Waals surface area contributed by atoms with Crippen LogP contribution >= 0.6 is 0 Å². The molecule has 0 aliphatic carbocycles. The molecule has 0 saturated carbocycles. The predicted octanol–water partition coefficient (Wildman–Crippen LogP) is 3.27. The first-order valence-electron chi connectivity index (χ1n) is 10.3. The van der Waals surface area contributed by atoms with Gasteiger partial charge in [-0.05, 0) is 44.0 Å². The number of amides is 3. The Morgan fingerprint density at radius 3 is 2.35 bits per heavy atom. The molecule has 0 saturated heterocycles. The second kappa shape index (κ2) is 9.88. The molecule has 0 aliphatic rings. The van der Waals surface area contributed by atoms with Crippen molar-refractivity contribution in [1.82, 2.24) is 20.4 Å². The summed E-state index contributed by atoms with van der Waals surface area (Å²) in [5.41, 5.74) is 1.56. The van der Waals surface area contributed by atoms with Crippen molar-refractivity contribution in [3.8, 4) is 0 Å². The number of anilines is 1. The van der Waals surface area contributed by atoms with Gasteiger partial charge in [0.2, 0.25) is 0 Å². The average molecular weight is 422 g/mol. The van der Waals surface area contributed by atoms with Gasteiger partial charge in [0.15, 0.2) is 5.69 Å². The molecule has 8 nitrogen and oxygen atoms in total. The second-order valence-electron chi connectivity index (χ2n) is 7.56. The van der Waals surface area contributed by atoms with Gasteiger partial charge in [0.05, 0.1) is 5.39 Å². The van der Waals surface area contributed by atoms with Crippen LogP contribution in [-0.2, 0) is 13.1 Å². The molecule has 0 atom stereocenters. The molecule has 31 heavy (non-hydrogen) atoms. The Balaban J connectivity index is 1.72. The summed E-state index contributed by atoms with van der Waals surface area (Å²) >= 11 is 0. The highest BCUT2D eigenvalue weighted by atomic mass is 16.2. The number of nitrogens with zero attached hydrogens (tertiary/aromatic N) is 2. The molecule has 0 unspecified atom stereocenters. The number of aryl methyl sites for hydroxylation is 1. The van der Waals surface area contributed by atoms with Crippen molar-refractivity contribution in [2.45, 2.75) is 46.3 Å². The standard InChI is InChI=1S/C23H27N5O3/c1-4-13-28-22(30)19-8-6-5-7-18(19)20(27-28)21(29)24-14-16-9-11-17(12-10-16)26-23(31)25-15(2)3/h5-12,15H,4,13-14H2,1-3H3,(H,24,29)(H2,25,26,31). The zero-order valence-corrected chi connectivity index (χ0v) is 17.9. The van der Waals surface area contributed by atoms with E-state index in [0.29, 0.717) is 29.5 Å². The molecule has 0 radical (unpaired) electrons. The molecule has 0 aliphatic heterocycles. The Bertz CT molecular complexity index is 1140. The molecule has 2 aromatic carbocycles. The Morgan fingerprint density at radius 2 is 1.71 bits per heavy atom. The minimum Gasteiger partial charge on any atom is -0.347 e. The van der Waals surface area contributed by atoms with E-state index in [4.69, 9.17) is 0 Å². The molecule has 0 spiro atoms. The summed E-state index contributed by atoms with van der Waals surface area (Å²) in [4.78, 5) is 37.2. The van der Waals surface area contributed by atoms with Crippen LogP contribution in [0, 0.1) is 0 Å². The van der Waals surface area contributed by atoms with E-state index in [9.17, 15) is 14.4 Å². The SMILES string of the molecule is CCCn1nc(C(=O)NCc2ccc(NC(=O)NC(C)C)cc2)c2ccccc2c1=O. The largest absolute Gasteiger partial charge is 0.347 e. The van der Waals surface area contributed by atoms with E-state index in [1.54, 1.807) is 36.4 Å². The fourth-order valence-corrected chi connectivity index (χ4v) is 3.17. The summed E-state index contributed by atoms with van der Waals surface area (Å²) in [6.07, 6.45) is 0.738. The van der Waals surface area contributed by atoms with Crippen LogP contribution in [0.3, 0.4) is 0 Å². The first-order valence-corrected chi connectivity index (χ1v) is 10.3. The van der Waals surface area contributed by atoms with Gasteiger partial charge in [-0.1, -0.05) is 37.3 Å². The van der Waals surface area contributed by atoms with Gasteiger partial charge in [-0.15, -0.1) is 0 Å². The van der Waals surface area contributed by atoms with E-state index in [1.165, 1.54) is 4.68 Å². The van der Waals surface area contributed by atoms with Crippen molar-refractivity contribution >= 4 is 28.4 Å². The molecular weight excluding hydrogens is 394 g/mol. The van der Waals surface area contributed by atoms with Gasteiger partial charge in [0, 0.05) is 30.2 Å². The van der Waals surface area contributed by atoms with Crippen LogP contribution < -0.4 is 21.5 Å². The highest BCUT2D eigenvalue weighted by molar-refractivity contribution is 6.04. The van der Waals surface area contributed by atoms with Crippen molar-refractivity contribution in [1.29, 1.82) is 0 Å². The molecule has 1 aromatic heterocycles. The van der Waals surface area contributed by atoms with E-state index in [-0.39, 0.29) is 29.2 Å². The van der Waals surface area contributed by atoms with Crippen LogP contribution in [0.5, 0.6) is 0 Å². The summed E-state index contributed by atoms with van der Waals surface area (Å²) in [7, 11) is 0. The highest BCUT2D eigenvalue weighted by Gasteiger charge is 2.16. The molecule has 3 aromatic rings. The summed E-state index contributed by atoms with van der Waals surface area (Å²) in [5, 5.41) is 13.7. The van der Waals surface area contributed by atoms with Crippen LogP contribution in [0.4, 0.5) is 10.5 Å². The second-order valence-corrected chi connectivity index (χ2v) is 7.56. The molecular formula is C23H27N5O3. The molecule has 3 rings (SSSR count). The maximum absolute atomic E-state index is 12.9. The minimum atomic E-state index is -0.348. The topological polar surface area (TPSA) is 105 Å². The zero-order valence-electron chi connectivity index (χ0n) is 17.9. The van der Waals surface area contributed by atoms with Crippen LogP contribution in [0.1, 0.15) is 43.2 Å². The predicted molar refractivity (Wildman–Crippen MR) is 121 cm³/mol. The number of hydrogen-bond donors (Lipinski definition) is 3. The number of fused-ring (bicyclic) bond motifs is 1. The molecule has 162 valence electrons. The third-order valence-electron chi connectivity index (χ3n) is 4.60. The van der Waals surface area contributed by atoms with Gasteiger partial charge in [-0.25, -0.2) is 9.48 Å². The summed E-state index contributed by atoms with van der Waals surface area (Å²) in [6, 6.07) is 14.0. The molecule has 0 bridgehead atoms. The molecule has 3 amide bonds. The Morgan fingerprint density at radius 1 is 1.03 bits per heavy atom. The third-order valence-corrected chi connectivity index (χ3v) is 4.60. The maximum Gasteiger partial charge on any atom is 0.319 e. The van der Waals surface area contributed by atoms with Crippen molar-refractivity contribution in [2.24, 2.45) is 0 Å². The van der Waals surface area contributed by atoms with Gasteiger partial charge in [0.25, 0.3) is 11.5 Å². The lowest BCUT2D eigenvalue weighted by molar-refractivity contribution is 0.0945. The number of carbonyl (C=O) groups is 2. The quantitative estimate of drug-likeness (QED) is 0.544. The van der Waals surface area contributed by atoms with Gasteiger partial charge in [-0.3, -0.25) is 9.59 Å². The number of carbonyl (C=O) groups excluding carboxylic acids is 2. The first-order chi connectivity index (χ1) is 14.9. The zero-order chi connectivity index (χ0) is 22.4. The monoisotopic (exact) mass is 421 g/mol. The van der Waals surface area contributed by atoms with E-state index in [1.807, 2.05) is 32.9 Å². The smallest absolute Gasteiger partial charge is 0.319 e. The lowest BCUT2D eigenvalue weighted by atomic mass is 10.1. The molecule has 3 N–H and O–H groups in total. The molecule has 1 heterocycles. The maximum atomic E-state index is 12.9. The van der Waals surface area contributed by atoms with Crippen LogP contribution in [-0.4, -0.2) is 27.8 Å². The number of urea groups is 1. The van der Waals surface area contributed by atoms with Crippen LogP contribution in [0.2, 0.25) is 0 Å². The number of aromatic nitrogens is 2. The lowest BCUT2D eigenvalue weighted by Gasteiger charge is -2.12. The van der Waals surface area contributed by atoms with E-state index < -0.39 is 0 Å². The summed E-state index contributed by atoms with van der Waals surface area (Å²) < 4.78 is 1.35. The van der Waals surface area contributed by atoms with Gasteiger partial charge in [0.1, 0.15) is 0 Å². The van der Waals surface area contributed by atoms with Gasteiger partial charge >= 0.3 is 6.03 Å². The molecule has 0 fully saturated rings. The number of nitrogens with one attached hydrogen (secondary N) is 3. The fourth-order valence-electron chi connectivity index (χ4n) is 3.17. The van der Waals surface area contributed by atoms with Gasteiger partial charge < -0.3 is 16.0 Å². The minimum absolute atomic E-state index is 0.0471. The van der Waals surface area contributed by atoms with Crippen molar-refractivity contribution in [2.75, 3.05) is 5.32 Å². The Labute approximate surface area is 180 Å². The van der Waals surface area contributed by atoms with Gasteiger partial charge in [-0.2, -0.15) is 5.10 Å². The number of benzene rings is 2.